The summed E-state index contributed by atoms with van der Waals surface area (Å²) in [6.45, 7) is 0. The van der Waals surface area contributed by atoms with Gasteiger partial charge in [0.2, 0.25) is 0 Å². The molecule has 0 spiro atoms. The third-order valence-corrected chi connectivity index (χ3v) is 3.41. The van der Waals surface area contributed by atoms with Crippen LogP contribution in [0.25, 0.3) is 0 Å². The molecule has 3 nitrogen and oxygen atoms in total. The molecular formula is C15H14N2O. The molecule has 0 fully saturated rings. The van der Waals surface area contributed by atoms with Crippen molar-refractivity contribution in [2.45, 2.75) is 6.42 Å². The molecule has 2 aromatic carbocycles. The Hall–Kier alpha value is -2.29. The first kappa shape index (κ1) is 10.8. The van der Waals surface area contributed by atoms with Crippen molar-refractivity contribution in [3.05, 3.63) is 59.7 Å². The standard InChI is InChI=1S/C15H14N2O/c1-17-14-8-4-2-6-11(14)10-13(16-18)12-7-3-5-9-15(12)17/h2-9,18H,10H2,1H3. The van der Waals surface area contributed by atoms with E-state index in [4.69, 9.17) is 0 Å². The van der Waals surface area contributed by atoms with Crippen molar-refractivity contribution in [3.63, 3.8) is 0 Å². The number of para-hydroxylation sites is 2. The van der Waals surface area contributed by atoms with Gasteiger partial charge in [-0.05, 0) is 17.7 Å². The summed E-state index contributed by atoms with van der Waals surface area (Å²) >= 11 is 0. The van der Waals surface area contributed by atoms with E-state index >= 15 is 0 Å². The van der Waals surface area contributed by atoms with Gasteiger partial charge in [0.15, 0.2) is 0 Å². The number of anilines is 2. The molecule has 2 aromatic rings. The summed E-state index contributed by atoms with van der Waals surface area (Å²) in [5, 5.41) is 12.7. The second-order valence-electron chi connectivity index (χ2n) is 4.43. The van der Waals surface area contributed by atoms with E-state index in [1.807, 2.05) is 43.4 Å². The summed E-state index contributed by atoms with van der Waals surface area (Å²) in [6.07, 6.45) is 0.647. The van der Waals surface area contributed by atoms with Gasteiger partial charge in [-0.25, -0.2) is 0 Å². The Balaban J connectivity index is 2.28. The van der Waals surface area contributed by atoms with Gasteiger partial charge in [0.05, 0.1) is 11.4 Å². The van der Waals surface area contributed by atoms with Crippen molar-refractivity contribution < 1.29 is 5.21 Å². The lowest BCUT2D eigenvalue weighted by molar-refractivity contribution is 0.318. The van der Waals surface area contributed by atoms with Gasteiger partial charge in [-0.1, -0.05) is 41.6 Å². The number of oxime groups is 1. The van der Waals surface area contributed by atoms with Crippen molar-refractivity contribution in [1.29, 1.82) is 0 Å². The summed E-state index contributed by atoms with van der Waals surface area (Å²) in [4.78, 5) is 2.14. The highest BCUT2D eigenvalue weighted by Gasteiger charge is 2.21. The van der Waals surface area contributed by atoms with Crippen LogP contribution in [-0.4, -0.2) is 18.0 Å². The Kier molecular flexibility index (Phi) is 2.52. The molecule has 0 amide bonds. The molecule has 0 atom stereocenters. The van der Waals surface area contributed by atoms with Gasteiger partial charge in [0.1, 0.15) is 0 Å². The maximum Gasteiger partial charge on any atom is 0.0933 e. The highest BCUT2D eigenvalue weighted by molar-refractivity contribution is 6.08. The molecule has 0 aliphatic carbocycles. The number of hydrogen-bond acceptors (Lipinski definition) is 3. The Morgan fingerprint density at radius 2 is 1.67 bits per heavy atom. The van der Waals surface area contributed by atoms with Crippen molar-refractivity contribution in [1.82, 2.24) is 0 Å². The summed E-state index contributed by atoms with van der Waals surface area (Å²) < 4.78 is 0. The summed E-state index contributed by atoms with van der Waals surface area (Å²) in [7, 11) is 2.04. The van der Waals surface area contributed by atoms with E-state index in [0.717, 1.165) is 16.9 Å². The van der Waals surface area contributed by atoms with Crippen molar-refractivity contribution in [3.8, 4) is 0 Å². The maximum absolute atomic E-state index is 9.24. The van der Waals surface area contributed by atoms with Gasteiger partial charge in [-0.3, -0.25) is 0 Å². The van der Waals surface area contributed by atoms with E-state index in [1.165, 1.54) is 5.56 Å². The lowest BCUT2D eigenvalue weighted by Crippen LogP contribution is -2.11. The first-order valence-electron chi connectivity index (χ1n) is 5.93. The largest absolute Gasteiger partial charge is 0.411 e. The van der Waals surface area contributed by atoms with Crippen molar-refractivity contribution in [2.24, 2.45) is 5.16 Å². The Morgan fingerprint density at radius 1 is 1.00 bits per heavy atom. The van der Waals surface area contributed by atoms with Crippen LogP contribution < -0.4 is 4.90 Å². The van der Waals surface area contributed by atoms with Gasteiger partial charge in [-0.15, -0.1) is 0 Å². The highest BCUT2D eigenvalue weighted by Crippen LogP contribution is 2.34. The van der Waals surface area contributed by atoms with Crippen LogP contribution in [-0.2, 0) is 6.42 Å². The van der Waals surface area contributed by atoms with Crippen LogP contribution in [0.2, 0.25) is 0 Å². The molecular weight excluding hydrogens is 224 g/mol. The van der Waals surface area contributed by atoms with E-state index in [9.17, 15) is 5.21 Å². The summed E-state index contributed by atoms with van der Waals surface area (Å²) in [5.41, 5.74) is 5.09. The van der Waals surface area contributed by atoms with Crippen molar-refractivity contribution in [2.75, 3.05) is 11.9 Å². The molecule has 0 unspecified atom stereocenters. The minimum atomic E-state index is 0.647. The molecule has 1 aliphatic heterocycles. The monoisotopic (exact) mass is 238 g/mol. The van der Waals surface area contributed by atoms with Crippen LogP contribution in [0.15, 0.2) is 53.7 Å². The van der Waals surface area contributed by atoms with Gasteiger partial charge in [0, 0.05) is 24.7 Å². The van der Waals surface area contributed by atoms with Crippen LogP contribution in [0.3, 0.4) is 0 Å². The molecule has 0 bridgehead atoms. The number of nitrogens with zero attached hydrogens (tertiary/aromatic N) is 2. The highest BCUT2D eigenvalue weighted by atomic mass is 16.4. The van der Waals surface area contributed by atoms with E-state index in [-0.39, 0.29) is 0 Å². The van der Waals surface area contributed by atoms with Crippen LogP contribution in [0, 0.1) is 0 Å². The fraction of sp³-hybridized carbons (Fsp3) is 0.133. The van der Waals surface area contributed by atoms with Crippen LogP contribution in [0.1, 0.15) is 11.1 Å². The average molecular weight is 238 g/mol. The third kappa shape index (κ3) is 1.56. The van der Waals surface area contributed by atoms with E-state index in [1.54, 1.807) is 0 Å². The molecule has 18 heavy (non-hydrogen) atoms. The molecule has 3 heteroatoms. The topological polar surface area (TPSA) is 35.8 Å². The SMILES string of the molecule is CN1c2ccccc2CC(=NO)c2ccccc21. The lowest BCUT2D eigenvalue weighted by Gasteiger charge is -2.21. The Labute approximate surface area is 106 Å². The van der Waals surface area contributed by atoms with Crippen LogP contribution in [0.4, 0.5) is 11.4 Å². The molecule has 0 aromatic heterocycles. The van der Waals surface area contributed by atoms with Gasteiger partial charge in [-0.2, -0.15) is 0 Å². The van der Waals surface area contributed by atoms with Gasteiger partial charge < -0.3 is 10.1 Å². The molecule has 0 saturated heterocycles. The molecule has 0 radical (unpaired) electrons. The number of rotatable bonds is 0. The molecule has 0 saturated carbocycles. The molecule has 3 rings (SSSR count). The van der Waals surface area contributed by atoms with Crippen LogP contribution in [0.5, 0.6) is 0 Å². The Bertz CT molecular complexity index is 619. The first-order chi connectivity index (χ1) is 8.81. The molecule has 1 N–H and O–H groups in total. The van der Waals surface area contributed by atoms with E-state index in [2.05, 4.69) is 22.2 Å². The zero-order chi connectivity index (χ0) is 12.5. The van der Waals surface area contributed by atoms with E-state index in [0.29, 0.717) is 12.1 Å². The fourth-order valence-corrected chi connectivity index (χ4v) is 2.49. The third-order valence-electron chi connectivity index (χ3n) is 3.41. The maximum atomic E-state index is 9.24. The average Bonchev–Trinajstić information content (AvgIpc) is 2.55. The Morgan fingerprint density at radius 3 is 2.44 bits per heavy atom. The number of benzene rings is 2. The molecule has 90 valence electrons. The second kappa shape index (κ2) is 4.18. The summed E-state index contributed by atoms with van der Waals surface area (Å²) in [5.74, 6) is 0. The fourth-order valence-electron chi connectivity index (χ4n) is 2.49. The van der Waals surface area contributed by atoms with Gasteiger partial charge in [0.25, 0.3) is 0 Å². The number of hydrogen-bond donors (Lipinski definition) is 1. The second-order valence-corrected chi connectivity index (χ2v) is 4.43. The molecule has 1 heterocycles. The minimum absolute atomic E-state index is 0.647. The van der Waals surface area contributed by atoms with Crippen LogP contribution >= 0.6 is 0 Å². The zero-order valence-electron chi connectivity index (χ0n) is 10.2. The summed E-state index contributed by atoms with van der Waals surface area (Å²) in [6, 6.07) is 16.2. The smallest absolute Gasteiger partial charge is 0.0933 e. The predicted octanol–water partition coefficient (Wildman–Crippen LogP) is 3.19. The quantitative estimate of drug-likeness (QED) is 0.565. The number of fused-ring (bicyclic) bond motifs is 2. The molecule has 1 aliphatic rings. The predicted molar refractivity (Wildman–Crippen MR) is 73.0 cm³/mol. The minimum Gasteiger partial charge on any atom is -0.411 e. The first-order valence-corrected chi connectivity index (χ1v) is 5.93. The normalized spacial score (nSPS) is 16.1. The zero-order valence-corrected chi connectivity index (χ0v) is 10.2. The lowest BCUT2D eigenvalue weighted by atomic mass is 10.0. The van der Waals surface area contributed by atoms with E-state index < -0.39 is 0 Å². The van der Waals surface area contributed by atoms with Crippen molar-refractivity contribution >= 4 is 17.1 Å². The van der Waals surface area contributed by atoms with Gasteiger partial charge >= 0.3 is 0 Å².